The van der Waals surface area contributed by atoms with Gasteiger partial charge in [0.2, 0.25) is 10.0 Å². The number of rotatable bonds is 17. The number of nitrogens with zero attached hydrogens (tertiary/aromatic N) is 4. The third kappa shape index (κ3) is 9.77. The van der Waals surface area contributed by atoms with Gasteiger partial charge in [0.1, 0.15) is 12.6 Å². The second-order valence-corrected chi connectivity index (χ2v) is 14.8. The number of sulfonamides is 1. The highest BCUT2D eigenvalue weighted by atomic mass is 35.5. The number of aromatic nitrogens is 2. The summed E-state index contributed by atoms with van der Waals surface area (Å²) in [5, 5.41) is 0.369. The molecule has 0 spiro atoms. The number of fused-ring (bicyclic) bond motifs is 1. The fourth-order valence-electron chi connectivity index (χ4n) is 5.40. The number of hydrogen-bond donors (Lipinski definition) is 0. The van der Waals surface area contributed by atoms with Crippen LogP contribution in [-0.2, 0) is 26.1 Å². The highest BCUT2D eigenvalue weighted by molar-refractivity contribution is 7.92. The minimum Gasteiger partial charge on any atom is -0.489 e. The number of imide groups is 1. The molecule has 1 aliphatic heterocycles. The maximum Gasteiger partial charge on any atom is 0.387 e. The largest absolute Gasteiger partial charge is 0.489 e. The van der Waals surface area contributed by atoms with Crippen LogP contribution in [0.4, 0.5) is 14.5 Å². The Balaban J connectivity index is 1.42. The van der Waals surface area contributed by atoms with Gasteiger partial charge in [0.25, 0.3) is 11.8 Å². The Morgan fingerprint density at radius 1 is 1.09 bits per heavy atom. The topological polar surface area (TPSA) is 145 Å². The van der Waals surface area contributed by atoms with Gasteiger partial charge in [-0.25, -0.2) is 8.42 Å². The Hall–Kier alpha value is -4.86. The van der Waals surface area contributed by atoms with Crippen LogP contribution in [0, 0.1) is 5.92 Å². The van der Waals surface area contributed by atoms with E-state index in [1.165, 1.54) is 61.1 Å². The molecule has 0 N–H and O–H groups in total. The van der Waals surface area contributed by atoms with Crippen LogP contribution in [-0.4, -0.2) is 67.1 Å². The van der Waals surface area contributed by atoms with Crippen LogP contribution in [0.1, 0.15) is 64.3 Å². The zero-order chi connectivity index (χ0) is 38.4. The van der Waals surface area contributed by atoms with Crippen LogP contribution in [0.5, 0.6) is 11.5 Å². The van der Waals surface area contributed by atoms with Gasteiger partial charge in [-0.05, 0) is 67.2 Å². The summed E-state index contributed by atoms with van der Waals surface area (Å²) >= 11 is 12.9. The highest BCUT2D eigenvalue weighted by Gasteiger charge is 2.38. The van der Waals surface area contributed by atoms with Gasteiger partial charge in [-0.15, -0.1) is 0 Å². The van der Waals surface area contributed by atoms with Gasteiger partial charge >= 0.3 is 12.6 Å². The van der Waals surface area contributed by atoms with Crippen LogP contribution in [0.2, 0.25) is 0 Å². The lowest BCUT2D eigenvalue weighted by atomic mass is 9.99. The van der Waals surface area contributed by atoms with E-state index in [-0.39, 0.29) is 69.4 Å². The number of benzene rings is 2. The van der Waals surface area contributed by atoms with Gasteiger partial charge in [-0.2, -0.15) is 8.78 Å². The Labute approximate surface area is 314 Å². The molecule has 17 heteroatoms. The zero-order valence-corrected chi connectivity index (χ0v) is 30.8. The molecule has 12 nitrogen and oxygen atoms in total. The van der Waals surface area contributed by atoms with Crippen molar-refractivity contribution in [2.75, 3.05) is 23.7 Å². The summed E-state index contributed by atoms with van der Waals surface area (Å²) in [6, 6.07) is 7.98. The quantitative estimate of drug-likeness (QED) is 0.0802. The van der Waals surface area contributed by atoms with Gasteiger partial charge in [-0.1, -0.05) is 48.0 Å². The molecule has 1 aromatic heterocycles. The highest BCUT2D eigenvalue weighted by Crippen LogP contribution is 2.39. The van der Waals surface area contributed by atoms with E-state index < -0.39 is 47.1 Å². The number of halogens is 4. The molecule has 3 aromatic rings. The first-order valence-electron chi connectivity index (χ1n) is 16.2. The second kappa shape index (κ2) is 16.9. The fraction of sp³-hybridized carbons (Fsp3) is 0.306. The Kier molecular flexibility index (Phi) is 12.5. The Bertz CT molecular complexity index is 2080. The average molecular weight is 792 g/mol. The summed E-state index contributed by atoms with van der Waals surface area (Å²) < 4.78 is 69.3. The molecule has 1 fully saturated rings. The first-order valence-corrected chi connectivity index (χ1v) is 18.8. The van der Waals surface area contributed by atoms with Gasteiger partial charge < -0.3 is 14.2 Å². The standard InChI is InChI=1S/C36H34Cl2F2N4O8S/c1-4-28(37)27(29(38)5-2)16-31(22-8-11-30(52-36(39)40)32(14-22)50-20-21-6-7-21)51-33(45)19-43-34(46)25-10-9-24(15-26(25)35(43)47)44(53(3,48)49)18-23-17-41-12-13-42-23/h4-5,8-15,17,21,31,36H,1,6-7,16,18-20H2,2-3H3/b28-27+,29-5+/t31-/m0/s1. The third-order valence-electron chi connectivity index (χ3n) is 8.25. The van der Waals surface area contributed by atoms with Crippen molar-refractivity contribution in [3.63, 3.8) is 0 Å². The Morgan fingerprint density at radius 3 is 2.45 bits per heavy atom. The molecule has 0 radical (unpaired) electrons. The van der Waals surface area contributed by atoms with Crippen molar-refractivity contribution in [3.8, 4) is 11.5 Å². The van der Waals surface area contributed by atoms with E-state index in [0.717, 1.165) is 23.4 Å². The minimum atomic E-state index is -3.89. The number of hydrogen-bond acceptors (Lipinski definition) is 10. The molecule has 0 unspecified atom stereocenters. The smallest absolute Gasteiger partial charge is 0.387 e. The number of alkyl halides is 2. The molecule has 0 bridgehead atoms. The molecule has 280 valence electrons. The first-order chi connectivity index (χ1) is 25.2. The van der Waals surface area contributed by atoms with E-state index in [1.807, 2.05) is 0 Å². The lowest BCUT2D eigenvalue weighted by Gasteiger charge is -2.23. The maximum atomic E-state index is 13.6. The number of carbonyl (C=O) groups excluding carboxylic acids is 3. The molecular formula is C36H34Cl2F2N4O8S. The van der Waals surface area contributed by atoms with Crippen molar-refractivity contribution in [3.05, 3.63) is 112 Å². The van der Waals surface area contributed by atoms with E-state index >= 15 is 0 Å². The SMILES string of the molecule is C=C/C(Cl)=C(C[C@H](OC(=O)CN1C(=O)c2ccc(N(Cc3cnccn3)S(C)(=O)=O)cc2C1=O)c1ccc(OC(F)F)c(OCC2CC2)c1)\C(Cl)=C/C. The van der Waals surface area contributed by atoms with E-state index in [0.29, 0.717) is 16.2 Å². The van der Waals surface area contributed by atoms with Gasteiger partial charge in [0, 0.05) is 28.9 Å². The molecule has 1 saturated carbocycles. The second-order valence-electron chi connectivity index (χ2n) is 12.1. The molecule has 2 heterocycles. The van der Waals surface area contributed by atoms with E-state index in [2.05, 4.69) is 21.3 Å². The summed E-state index contributed by atoms with van der Waals surface area (Å²) in [5.41, 5.74) is 0.863. The molecule has 1 aliphatic carbocycles. The molecule has 2 aromatic carbocycles. The van der Waals surface area contributed by atoms with Gasteiger partial charge in [0.15, 0.2) is 11.5 Å². The van der Waals surface area contributed by atoms with Crippen molar-refractivity contribution < 1.29 is 45.8 Å². The molecule has 2 amide bonds. The summed E-state index contributed by atoms with van der Waals surface area (Å²) in [7, 11) is -3.89. The number of ether oxygens (including phenoxy) is 3. The van der Waals surface area contributed by atoms with Crippen molar-refractivity contribution in [2.45, 2.75) is 45.4 Å². The van der Waals surface area contributed by atoms with Crippen molar-refractivity contribution in [2.24, 2.45) is 5.92 Å². The number of carbonyl (C=O) groups is 3. The van der Waals surface area contributed by atoms with E-state index in [4.69, 9.17) is 32.7 Å². The molecule has 1 atom stereocenters. The first kappa shape index (κ1) is 39.3. The fourth-order valence-corrected chi connectivity index (χ4v) is 6.67. The number of esters is 1. The van der Waals surface area contributed by atoms with Crippen molar-refractivity contribution in [1.82, 2.24) is 14.9 Å². The minimum absolute atomic E-state index is 0.00757. The molecule has 2 aliphatic rings. The van der Waals surface area contributed by atoms with E-state index in [1.54, 1.807) is 13.0 Å². The number of anilines is 1. The van der Waals surface area contributed by atoms with Crippen LogP contribution >= 0.6 is 23.2 Å². The normalized spacial score (nSPS) is 15.5. The van der Waals surface area contributed by atoms with Gasteiger partial charge in [-0.3, -0.25) is 33.6 Å². The molecule has 53 heavy (non-hydrogen) atoms. The summed E-state index contributed by atoms with van der Waals surface area (Å²) in [5.74, 6) is -2.64. The van der Waals surface area contributed by atoms with Crippen molar-refractivity contribution >= 4 is 56.7 Å². The number of amides is 2. The summed E-state index contributed by atoms with van der Waals surface area (Å²) in [6.07, 6.45) is 8.67. The van der Waals surface area contributed by atoms with E-state index in [9.17, 15) is 31.6 Å². The molecular weight excluding hydrogens is 757 g/mol. The number of allylic oxidation sites excluding steroid dienone is 4. The van der Waals surface area contributed by atoms with Crippen LogP contribution < -0.4 is 13.8 Å². The summed E-state index contributed by atoms with van der Waals surface area (Å²) in [4.78, 5) is 49.3. The maximum absolute atomic E-state index is 13.6. The lowest BCUT2D eigenvalue weighted by molar-refractivity contribution is -0.149. The average Bonchev–Trinajstić information content (AvgIpc) is 3.94. The lowest BCUT2D eigenvalue weighted by Crippen LogP contribution is -2.36. The zero-order valence-electron chi connectivity index (χ0n) is 28.5. The molecule has 5 rings (SSSR count). The predicted octanol–water partition coefficient (Wildman–Crippen LogP) is 6.93. The van der Waals surface area contributed by atoms with Gasteiger partial charge in [0.05, 0.1) is 48.1 Å². The monoisotopic (exact) mass is 790 g/mol. The molecule has 0 saturated heterocycles. The van der Waals surface area contributed by atoms with Crippen LogP contribution in [0.25, 0.3) is 0 Å². The van der Waals surface area contributed by atoms with Crippen LogP contribution in [0.15, 0.2) is 89.4 Å². The van der Waals surface area contributed by atoms with Crippen molar-refractivity contribution in [1.29, 1.82) is 0 Å². The summed E-state index contributed by atoms with van der Waals surface area (Å²) in [6.45, 7) is 1.45. The van der Waals surface area contributed by atoms with Crippen LogP contribution in [0.3, 0.4) is 0 Å². The third-order valence-corrected chi connectivity index (χ3v) is 10.2. The predicted molar refractivity (Wildman–Crippen MR) is 192 cm³/mol. The Morgan fingerprint density at radius 2 is 1.83 bits per heavy atom.